The molecule has 4 nitrogen and oxygen atoms in total. The van der Waals surface area contributed by atoms with Gasteiger partial charge in [0.05, 0.1) is 6.54 Å². The summed E-state index contributed by atoms with van der Waals surface area (Å²) in [5, 5.41) is 4.70. The summed E-state index contributed by atoms with van der Waals surface area (Å²) in [6.07, 6.45) is 6.73. The number of aromatic amines is 2. The highest BCUT2D eigenvalue weighted by atomic mass is 15.0. The van der Waals surface area contributed by atoms with Gasteiger partial charge in [0.25, 0.3) is 0 Å². The summed E-state index contributed by atoms with van der Waals surface area (Å²) < 4.78 is 0. The molecule has 0 bridgehead atoms. The number of para-hydroxylation sites is 1. The predicted molar refractivity (Wildman–Crippen MR) is 72.3 cm³/mol. The van der Waals surface area contributed by atoms with Crippen molar-refractivity contribution in [3.05, 3.63) is 54.2 Å². The lowest BCUT2D eigenvalue weighted by atomic mass is 10.1. The highest BCUT2D eigenvalue weighted by Gasteiger charge is 2.02. The Kier molecular flexibility index (Phi) is 3.10. The third-order valence-electron chi connectivity index (χ3n) is 3.09. The molecule has 0 radical (unpaired) electrons. The molecule has 3 N–H and O–H groups in total. The van der Waals surface area contributed by atoms with Crippen molar-refractivity contribution < 1.29 is 0 Å². The average molecular weight is 240 g/mol. The predicted octanol–water partition coefficient (Wildman–Crippen LogP) is 2.22. The van der Waals surface area contributed by atoms with Crippen LogP contribution in [0.3, 0.4) is 0 Å². The molecule has 3 aromatic rings. The maximum Gasteiger partial charge on any atom is 0.120 e. The number of rotatable bonds is 5. The van der Waals surface area contributed by atoms with E-state index in [1.807, 2.05) is 6.20 Å². The largest absolute Gasteiger partial charge is 0.361 e. The lowest BCUT2D eigenvalue weighted by molar-refractivity contribution is 0.666. The van der Waals surface area contributed by atoms with E-state index in [0.717, 1.165) is 25.3 Å². The van der Waals surface area contributed by atoms with E-state index in [1.54, 1.807) is 6.20 Å². The minimum atomic E-state index is 0.787. The fourth-order valence-electron chi connectivity index (χ4n) is 2.16. The van der Waals surface area contributed by atoms with Gasteiger partial charge in [-0.25, -0.2) is 4.98 Å². The zero-order chi connectivity index (χ0) is 12.2. The lowest BCUT2D eigenvalue weighted by Crippen LogP contribution is -2.17. The molecule has 0 saturated heterocycles. The number of hydrogen-bond acceptors (Lipinski definition) is 2. The van der Waals surface area contributed by atoms with Gasteiger partial charge in [-0.15, -0.1) is 0 Å². The van der Waals surface area contributed by atoms with Crippen molar-refractivity contribution in [2.24, 2.45) is 0 Å². The molecule has 4 heteroatoms. The van der Waals surface area contributed by atoms with E-state index in [1.165, 1.54) is 16.5 Å². The molecule has 1 aromatic carbocycles. The Hall–Kier alpha value is -2.07. The Balaban J connectivity index is 1.57. The van der Waals surface area contributed by atoms with Crippen LogP contribution in [0.4, 0.5) is 0 Å². The molecule has 0 saturated carbocycles. The van der Waals surface area contributed by atoms with Gasteiger partial charge in [-0.05, 0) is 24.6 Å². The van der Waals surface area contributed by atoms with E-state index in [-0.39, 0.29) is 0 Å². The number of benzene rings is 1. The smallest absolute Gasteiger partial charge is 0.120 e. The maximum absolute atomic E-state index is 4.18. The molecule has 2 aromatic heterocycles. The van der Waals surface area contributed by atoms with Gasteiger partial charge >= 0.3 is 0 Å². The van der Waals surface area contributed by atoms with Crippen molar-refractivity contribution in [2.45, 2.75) is 13.0 Å². The third-order valence-corrected chi connectivity index (χ3v) is 3.09. The van der Waals surface area contributed by atoms with E-state index in [9.17, 15) is 0 Å². The Morgan fingerprint density at radius 3 is 3.00 bits per heavy atom. The van der Waals surface area contributed by atoms with E-state index < -0.39 is 0 Å². The number of nitrogens with one attached hydrogen (secondary N) is 3. The van der Waals surface area contributed by atoms with Crippen LogP contribution in [0.25, 0.3) is 10.9 Å². The minimum Gasteiger partial charge on any atom is -0.361 e. The summed E-state index contributed by atoms with van der Waals surface area (Å²) in [5.74, 6) is 0.980. The monoisotopic (exact) mass is 240 g/mol. The Bertz CT molecular complexity index is 610. The van der Waals surface area contributed by atoms with Crippen molar-refractivity contribution in [2.75, 3.05) is 6.54 Å². The number of hydrogen-bond donors (Lipinski definition) is 3. The Labute approximate surface area is 105 Å². The SMILES string of the molecule is c1ccc2c(CCNCc3ncc[nH]3)c[nH]c2c1. The Morgan fingerprint density at radius 2 is 2.11 bits per heavy atom. The second-order valence-corrected chi connectivity index (χ2v) is 4.32. The van der Waals surface area contributed by atoms with Crippen LogP contribution in [0.15, 0.2) is 42.9 Å². The van der Waals surface area contributed by atoms with Gasteiger partial charge in [0.2, 0.25) is 0 Å². The number of aromatic nitrogens is 3. The van der Waals surface area contributed by atoms with Crippen LogP contribution in [0.5, 0.6) is 0 Å². The molecule has 0 aliphatic rings. The highest BCUT2D eigenvalue weighted by molar-refractivity contribution is 5.83. The van der Waals surface area contributed by atoms with Crippen molar-refractivity contribution in [1.82, 2.24) is 20.3 Å². The molecule has 0 aliphatic heterocycles. The highest BCUT2D eigenvalue weighted by Crippen LogP contribution is 2.17. The lowest BCUT2D eigenvalue weighted by Gasteiger charge is -2.02. The average Bonchev–Trinajstić information content (AvgIpc) is 3.04. The summed E-state index contributed by atoms with van der Waals surface area (Å²) in [6.45, 7) is 1.73. The van der Waals surface area contributed by atoms with Gasteiger partial charge in [0, 0.05) is 29.5 Å². The minimum absolute atomic E-state index is 0.787. The first kappa shape index (κ1) is 11.0. The van der Waals surface area contributed by atoms with E-state index in [2.05, 4.69) is 50.7 Å². The molecule has 0 fully saturated rings. The zero-order valence-corrected chi connectivity index (χ0v) is 10.1. The fraction of sp³-hybridized carbons (Fsp3) is 0.214. The van der Waals surface area contributed by atoms with Crippen LogP contribution >= 0.6 is 0 Å². The third kappa shape index (κ3) is 2.28. The van der Waals surface area contributed by atoms with Gasteiger partial charge in [-0.3, -0.25) is 0 Å². The van der Waals surface area contributed by atoms with Crippen LogP contribution in [0, 0.1) is 0 Å². The van der Waals surface area contributed by atoms with Gasteiger partial charge in [0.15, 0.2) is 0 Å². The van der Waals surface area contributed by atoms with Gasteiger partial charge in [-0.2, -0.15) is 0 Å². The molecule has 0 unspecified atom stereocenters. The maximum atomic E-state index is 4.18. The number of fused-ring (bicyclic) bond motifs is 1. The molecule has 0 amide bonds. The first-order chi connectivity index (χ1) is 8.93. The van der Waals surface area contributed by atoms with Crippen LogP contribution in [0.2, 0.25) is 0 Å². The molecular weight excluding hydrogens is 224 g/mol. The summed E-state index contributed by atoms with van der Waals surface area (Å²) >= 11 is 0. The second kappa shape index (κ2) is 5.06. The topological polar surface area (TPSA) is 56.5 Å². The van der Waals surface area contributed by atoms with Crippen molar-refractivity contribution >= 4 is 10.9 Å². The first-order valence-electron chi connectivity index (χ1n) is 6.17. The van der Waals surface area contributed by atoms with E-state index >= 15 is 0 Å². The molecular formula is C14H16N4. The normalized spacial score (nSPS) is 11.1. The molecule has 3 rings (SSSR count). The number of H-pyrrole nitrogens is 2. The fourth-order valence-corrected chi connectivity index (χ4v) is 2.16. The summed E-state index contributed by atoms with van der Waals surface area (Å²) in [5.41, 5.74) is 2.57. The quantitative estimate of drug-likeness (QED) is 0.599. The summed E-state index contributed by atoms with van der Waals surface area (Å²) in [7, 11) is 0. The van der Waals surface area contributed by atoms with Crippen molar-refractivity contribution in [1.29, 1.82) is 0 Å². The standard InChI is InChI=1S/C14H16N4/c1-2-4-13-12(3-1)11(9-18-13)5-6-15-10-14-16-7-8-17-14/h1-4,7-9,15,18H,5-6,10H2,(H,16,17). The van der Waals surface area contributed by atoms with Crippen LogP contribution in [-0.2, 0) is 13.0 Å². The number of nitrogens with zero attached hydrogens (tertiary/aromatic N) is 1. The van der Waals surface area contributed by atoms with Gasteiger partial charge in [-0.1, -0.05) is 18.2 Å². The molecule has 2 heterocycles. The zero-order valence-electron chi connectivity index (χ0n) is 10.1. The number of imidazole rings is 1. The second-order valence-electron chi connectivity index (χ2n) is 4.32. The molecule has 0 aliphatic carbocycles. The molecule has 0 spiro atoms. The molecule has 92 valence electrons. The van der Waals surface area contributed by atoms with Crippen molar-refractivity contribution in [3.8, 4) is 0 Å². The van der Waals surface area contributed by atoms with Crippen LogP contribution in [-0.4, -0.2) is 21.5 Å². The Morgan fingerprint density at radius 1 is 1.17 bits per heavy atom. The molecule has 18 heavy (non-hydrogen) atoms. The van der Waals surface area contributed by atoms with Crippen LogP contribution in [0.1, 0.15) is 11.4 Å². The van der Waals surface area contributed by atoms with Gasteiger partial charge in [0.1, 0.15) is 5.82 Å². The first-order valence-corrected chi connectivity index (χ1v) is 6.17. The van der Waals surface area contributed by atoms with Crippen LogP contribution < -0.4 is 5.32 Å². The summed E-state index contributed by atoms with van der Waals surface area (Å²) in [4.78, 5) is 10.6. The van der Waals surface area contributed by atoms with Crippen molar-refractivity contribution in [3.63, 3.8) is 0 Å². The summed E-state index contributed by atoms with van der Waals surface area (Å²) in [6, 6.07) is 8.40. The van der Waals surface area contributed by atoms with E-state index in [0.29, 0.717) is 0 Å². The molecule has 0 atom stereocenters. The van der Waals surface area contributed by atoms with E-state index in [4.69, 9.17) is 0 Å². The van der Waals surface area contributed by atoms with Gasteiger partial charge < -0.3 is 15.3 Å².